The molecule has 5 nitrogen and oxygen atoms in total. The second kappa shape index (κ2) is 9.12. The van der Waals surface area contributed by atoms with Gasteiger partial charge in [-0.3, -0.25) is 10.00 Å². The molecule has 0 bridgehead atoms. The number of rotatable bonds is 7. The molecule has 5 rings (SSSR count). The molecule has 0 amide bonds. The summed E-state index contributed by atoms with van der Waals surface area (Å²) in [4.78, 5) is 5.66. The van der Waals surface area contributed by atoms with Gasteiger partial charge in [-0.05, 0) is 80.2 Å². The fraction of sp³-hybridized carbons (Fsp3) is 0.320. The Morgan fingerprint density at radius 3 is 2.66 bits per heavy atom. The second-order valence-corrected chi connectivity index (χ2v) is 8.47. The van der Waals surface area contributed by atoms with Gasteiger partial charge >= 0.3 is 0 Å². The molecular weight excluding hydrogens is 410 g/mol. The number of piperidine rings is 1. The van der Waals surface area contributed by atoms with Gasteiger partial charge in [0, 0.05) is 41.0 Å². The SMILES string of the molecule is Fc1ccc(OCCN2CCC(Cc3c[nH]c4ccc(F)cc34)CC2)c(-c2cn[nH]c2)c1. The fourth-order valence-corrected chi connectivity index (χ4v) is 4.58. The topological polar surface area (TPSA) is 56.9 Å². The summed E-state index contributed by atoms with van der Waals surface area (Å²) in [5.74, 6) is 0.771. The highest BCUT2D eigenvalue weighted by atomic mass is 19.1. The summed E-state index contributed by atoms with van der Waals surface area (Å²) >= 11 is 0. The molecule has 2 N–H and O–H groups in total. The zero-order valence-electron chi connectivity index (χ0n) is 17.8. The van der Waals surface area contributed by atoms with Crippen LogP contribution in [0.25, 0.3) is 22.0 Å². The van der Waals surface area contributed by atoms with Gasteiger partial charge < -0.3 is 9.72 Å². The van der Waals surface area contributed by atoms with Gasteiger partial charge in [-0.1, -0.05) is 0 Å². The van der Waals surface area contributed by atoms with Crippen LogP contribution in [0.1, 0.15) is 18.4 Å². The van der Waals surface area contributed by atoms with E-state index in [0.717, 1.165) is 55.4 Å². The highest BCUT2D eigenvalue weighted by molar-refractivity contribution is 5.83. The fourth-order valence-electron chi connectivity index (χ4n) is 4.58. The Hall–Kier alpha value is -3.19. The summed E-state index contributed by atoms with van der Waals surface area (Å²) in [7, 11) is 0. The average molecular weight is 437 g/mol. The highest BCUT2D eigenvalue weighted by Gasteiger charge is 2.21. The molecule has 1 aliphatic heterocycles. The summed E-state index contributed by atoms with van der Waals surface area (Å²) in [6.45, 7) is 3.40. The van der Waals surface area contributed by atoms with Gasteiger partial charge in [-0.25, -0.2) is 8.78 Å². The first kappa shape index (κ1) is 20.7. The van der Waals surface area contributed by atoms with Gasteiger partial charge in [0.1, 0.15) is 24.0 Å². The third-order valence-corrected chi connectivity index (χ3v) is 6.36. The predicted molar refractivity (Wildman–Crippen MR) is 121 cm³/mol. The van der Waals surface area contributed by atoms with Crippen LogP contribution < -0.4 is 4.74 Å². The lowest BCUT2D eigenvalue weighted by molar-refractivity contribution is 0.155. The van der Waals surface area contributed by atoms with Crippen LogP contribution in [0.3, 0.4) is 0 Å². The van der Waals surface area contributed by atoms with Crippen molar-refractivity contribution in [2.45, 2.75) is 19.3 Å². The van der Waals surface area contributed by atoms with Crippen molar-refractivity contribution in [3.05, 3.63) is 72.2 Å². The Balaban J connectivity index is 1.13. The molecular formula is C25H26F2N4O. The maximum Gasteiger partial charge on any atom is 0.127 e. The number of hydrogen-bond donors (Lipinski definition) is 2. The van der Waals surface area contributed by atoms with Crippen molar-refractivity contribution in [1.29, 1.82) is 0 Å². The molecule has 1 aliphatic rings. The number of aromatic nitrogens is 3. The minimum absolute atomic E-state index is 0.190. The van der Waals surface area contributed by atoms with Crippen molar-refractivity contribution in [2.75, 3.05) is 26.2 Å². The maximum absolute atomic E-state index is 13.7. The molecule has 7 heteroatoms. The number of hydrogen-bond acceptors (Lipinski definition) is 3. The van der Waals surface area contributed by atoms with Gasteiger partial charge in [0.05, 0.1) is 6.20 Å². The molecule has 0 saturated carbocycles. The highest BCUT2D eigenvalue weighted by Crippen LogP contribution is 2.30. The number of aromatic amines is 2. The second-order valence-electron chi connectivity index (χ2n) is 8.47. The average Bonchev–Trinajstić information content (AvgIpc) is 3.46. The molecule has 32 heavy (non-hydrogen) atoms. The molecule has 0 unspecified atom stereocenters. The third kappa shape index (κ3) is 4.53. The van der Waals surface area contributed by atoms with E-state index in [4.69, 9.17) is 4.74 Å². The summed E-state index contributed by atoms with van der Waals surface area (Å²) in [6, 6.07) is 9.49. The monoisotopic (exact) mass is 436 g/mol. The summed E-state index contributed by atoms with van der Waals surface area (Å²) in [6.07, 6.45) is 8.60. The number of ether oxygens (including phenoxy) is 1. The standard InChI is InChI=1S/C25H26F2N4O/c26-20-1-3-24-22(12-20)18(14-28-24)11-17-5-7-31(8-6-17)9-10-32-25-4-2-21(27)13-23(25)19-15-29-30-16-19/h1-4,12-17,28H,5-11H2,(H,29,30). The van der Waals surface area contributed by atoms with Gasteiger partial charge in [0.25, 0.3) is 0 Å². The predicted octanol–water partition coefficient (Wildman–Crippen LogP) is 5.17. The molecule has 0 spiro atoms. The number of nitrogens with zero attached hydrogens (tertiary/aromatic N) is 2. The van der Waals surface area contributed by atoms with Crippen LogP contribution in [-0.2, 0) is 6.42 Å². The zero-order chi connectivity index (χ0) is 21.9. The van der Waals surface area contributed by atoms with Crippen molar-refractivity contribution in [3.63, 3.8) is 0 Å². The quantitative estimate of drug-likeness (QED) is 0.420. The maximum atomic E-state index is 13.7. The van der Waals surface area contributed by atoms with Gasteiger partial charge in [-0.2, -0.15) is 5.10 Å². The van der Waals surface area contributed by atoms with E-state index in [-0.39, 0.29) is 11.6 Å². The Labute approximate surface area is 185 Å². The summed E-state index contributed by atoms with van der Waals surface area (Å²) in [5.41, 5.74) is 3.70. The minimum atomic E-state index is -0.298. The Kier molecular flexibility index (Phi) is 5.90. The van der Waals surface area contributed by atoms with Gasteiger partial charge in [-0.15, -0.1) is 0 Å². The molecule has 0 radical (unpaired) electrons. The zero-order valence-corrected chi connectivity index (χ0v) is 17.8. The van der Waals surface area contributed by atoms with Crippen LogP contribution >= 0.6 is 0 Å². The van der Waals surface area contributed by atoms with Crippen LogP contribution in [0.5, 0.6) is 5.75 Å². The number of halogens is 2. The normalized spacial score (nSPS) is 15.4. The lowest BCUT2D eigenvalue weighted by Crippen LogP contribution is -2.37. The van der Waals surface area contributed by atoms with E-state index in [1.165, 1.54) is 23.8 Å². The Morgan fingerprint density at radius 1 is 1.03 bits per heavy atom. The molecule has 2 aromatic carbocycles. The Bertz CT molecular complexity index is 1180. The van der Waals surface area contributed by atoms with Crippen molar-refractivity contribution < 1.29 is 13.5 Å². The molecule has 166 valence electrons. The molecule has 1 saturated heterocycles. The van der Waals surface area contributed by atoms with E-state index in [9.17, 15) is 8.78 Å². The van der Waals surface area contributed by atoms with Crippen LogP contribution in [-0.4, -0.2) is 46.3 Å². The van der Waals surface area contributed by atoms with E-state index in [1.54, 1.807) is 30.6 Å². The summed E-state index contributed by atoms with van der Waals surface area (Å²) < 4.78 is 33.3. The molecule has 0 atom stereocenters. The number of likely N-dealkylation sites (tertiary alicyclic amines) is 1. The van der Waals surface area contributed by atoms with Gasteiger partial charge in [0.2, 0.25) is 0 Å². The largest absolute Gasteiger partial charge is 0.492 e. The number of H-pyrrole nitrogens is 2. The first-order valence-corrected chi connectivity index (χ1v) is 11.0. The van der Waals surface area contributed by atoms with Crippen molar-refractivity contribution in [3.8, 4) is 16.9 Å². The Morgan fingerprint density at radius 2 is 1.84 bits per heavy atom. The van der Waals surface area contributed by atoms with E-state index in [2.05, 4.69) is 20.1 Å². The smallest absolute Gasteiger partial charge is 0.127 e. The summed E-state index contributed by atoms with van der Waals surface area (Å²) in [5, 5.41) is 7.70. The van der Waals surface area contributed by atoms with Crippen molar-refractivity contribution >= 4 is 10.9 Å². The first-order chi connectivity index (χ1) is 15.7. The minimum Gasteiger partial charge on any atom is -0.492 e. The lowest BCUT2D eigenvalue weighted by Gasteiger charge is -2.31. The van der Waals surface area contributed by atoms with E-state index < -0.39 is 0 Å². The van der Waals surface area contributed by atoms with Crippen LogP contribution in [0.4, 0.5) is 8.78 Å². The molecule has 2 aromatic heterocycles. The molecule has 3 heterocycles. The van der Waals surface area contributed by atoms with Crippen LogP contribution in [0, 0.1) is 17.6 Å². The number of fused-ring (bicyclic) bond motifs is 1. The number of nitrogens with one attached hydrogen (secondary N) is 2. The van der Waals surface area contributed by atoms with E-state index >= 15 is 0 Å². The lowest BCUT2D eigenvalue weighted by atomic mass is 9.90. The van der Waals surface area contributed by atoms with Gasteiger partial charge in [0.15, 0.2) is 0 Å². The van der Waals surface area contributed by atoms with Crippen molar-refractivity contribution in [2.24, 2.45) is 5.92 Å². The van der Waals surface area contributed by atoms with E-state index in [0.29, 0.717) is 23.8 Å². The van der Waals surface area contributed by atoms with Crippen LogP contribution in [0.15, 0.2) is 55.0 Å². The molecule has 4 aromatic rings. The van der Waals surface area contributed by atoms with Crippen molar-refractivity contribution in [1.82, 2.24) is 20.1 Å². The van der Waals surface area contributed by atoms with Crippen LogP contribution in [0.2, 0.25) is 0 Å². The molecule has 0 aliphatic carbocycles. The number of benzene rings is 2. The first-order valence-electron chi connectivity index (χ1n) is 11.0. The molecule has 1 fully saturated rings. The van der Waals surface area contributed by atoms with E-state index in [1.807, 2.05) is 6.20 Å². The third-order valence-electron chi connectivity index (χ3n) is 6.36.